The molecule has 8 aromatic carbocycles. The number of benzene rings is 8. The van der Waals surface area contributed by atoms with E-state index in [1.165, 1.54) is 11.5 Å². The van der Waals surface area contributed by atoms with Gasteiger partial charge in [-0.2, -0.15) is 0 Å². The maximum Gasteiger partial charge on any atom is 0.135 e. The van der Waals surface area contributed by atoms with Crippen LogP contribution in [0.4, 0.5) is 21.5 Å². The smallest absolute Gasteiger partial charge is 0.135 e. The predicted octanol–water partition coefficient (Wildman–Crippen LogP) is 13.4. The molecule has 250 valence electrons. The van der Waals surface area contributed by atoms with Crippen LogP contribution in [0.3, 0.4) is 0 Å². The predicted molar refractivity (Wildman–Crippen MR) is 217 cm³/mol. The summed E-state index contributed by atoms with van der Waals surface area (Å²) >= 11 is 0. The minimum Gasteiger partial charge on any atom is -0.456 e. The summed E-state index contributed by atoms with van der Waals surface area (Å²) in [4.78, 5) is 2.34. The van der Waals surface area contributed by atoms with E-state index in [0.717, 1.165) is 88.6 Å². The number of aromatic nitrogens is 2. The van der Waals surface area contributed by atoms with Gasteiger partial charge >= 0.3 is 0 Å². The van der Waals surface area contributed by atoms with E-state index in [1.807, 2.05) is 24.3 Å². The lowest BCUT2D eigenvalue weighted by atomic mass is 10.1. The van der Waals surface area contributed by atoms with E-state index in [-0.39, 0.29) is 5.82 Å². The van der Waals surface area contributed by atoms with Crippen molar-refractivity contribution in [3.05, 3.63) is 188 Å². The summed E-state index contributed by atoms with van der Waals surface area (Å²) in [6, 6.07) is 62.2. The monoisotopic (exact) mass is 683 g/mol. The highest BCUT2D eigenvalue weighted by Gasteiger charge is 2.23. The number of para-hydroxylation sites is 5. The van der Waals surface area contributed by atoms with Crippen molar-refractivity contribution in [1.29, 1.82) is 0 Å². The molecule has 11 aromatic rings. The van der Waals surface area contributed by atoms with Gasteiger partial charge in [0.2, 0.25) is 0 Å². The second-order valence-electron chi connectivity index (χ2n) is 13.5. The Morgan fingerprint density at radius 1 is 0.396 bits per heavy atom. The van der Waals surface area contributed by atoms with Crippen molar-refractivity contribution in [3.63, 3.8) is 0 Å². The number of anilines is 3. The Morgan fingerprint density at radius 3 is 1.79 bits per heavy atom. The van der Waals surface area contributed by atoms with Crippen LogP contribution in [-0.2, 0) is 0 Å². The number of furan rings is 1. The molecule has 0 aliphatic heterocycles. The summed E-state index contributed by atoms with van der Waals surface area (Å²) in [6.07, 6.45) is 0. The molecule has 0 unspecified atom stereocenters. The molecule has 0 bridgehead atoms. The van der Waals surface area contributed by atoms with E-state index in [2.05, 4.69) is 154 Å². The Bertz CT molecular complexity index is 3210. The number of fused-ring (bicyclic) bond motifs is 9. The molecule has 0 N–H and O–H groups in total. The lowest BCUT2D eigenvalue weighted by Crippen LogP contribution is -2.11. The quantitative estimate of drug-likeness (QED) is 0.180. The fourth-order valence-corrected chi connectivity index (χ4v) is 8.30. The summed E-state index contributed by atoms with van der Waals surface area (Å²) in [5.41, 5.74) is 10.8. The molecule has 53 heavy (non-hydrogen) atoms. The zero-order valence-corrected chi connectivity index (χ0v) is 28.4. The van der Waals surface area contributed by atoms with Crippen molar-refractivity contribution in [2.45, 2.75) is 0 Å². The molecule has 0 amide bonds. The largest absolute Gasteiger partial charge is 0.456 e. The van der Waals surface area contributed by atoms with Crippen LogP contribution in [0.25, 0.3) is 76.9 Å². The molecular formula is C48H30FN3O. The van der Waals surface area contributed by atoms with Crippen LogP contribution in [0.1, 0.15) is 0 Å². The van der Waals surface area contributed by atoms with Crippen LogP contribution in [0, 0.1) is 5.82 Å². The highest BCUT2D eigenvalue weighted by molar-refractivity contribution is 6.16. The molecule has 4 nitrogen and oxygen atoms in total. The van der Waals surface area contributed by atoms with Crippen molar-refractivity contribution in [2.75, 3.05) is 4.90 Å². The SMILES string of the molecule is Fc1cccc(-n2c3ccccc3c3cccc(N(c4ccc5oc6ccccc6c5c4)c4ccc5c(c4)c4ccccc4n5-c4ccccc4)c32)c1. The maximum atomic E-state index is 15.0. The van der Waals surface area contributed by atoms with Crippen molar-refractivity contribution >= 4 is 82.6 Å². The van der Waals surface area contributed by atoms with Gasteiger partial charge in [0.05, 0.1) is 27.8 Å². The number of nitrogens with zero attached hydrogens (tertiary/aromatic N) is 3. The van der Waals surface area contributed by atoms with Crippen molar-refractivity contribution in [2.24, 2.45) is 0 Å². The summed E-state index contributed by atoms with van der Waals surface area (Å²) in [6.45, 7) is 0. The van der Waals surface area contributed by atoms with Gasteiger partial charge in [-0.25, -0.2) is 4.39 Å². The molecule has 0 atom stereocenters. The van der Waals surface area contributed by atoms with Gasteiger partial charge in [0, 0.05) is 55.1 Å². The number of rotatable bonds is 5. The molecular weight excluding hydrogens is 654 g/mol. The minimum absolute atomic E-state index is 0.277. The standard InChI is InChI=1S/C48H30FN3O/c49-31-12-10-15-33(28-31)52-43-21-8-4-16-36(43)39-19-11-22-45(48(39)52)50(35-25-27-47-41(30-35)38-18-6-9-23-46(38)53-47)34-24-26-44-40(29-34)37-17-5-7-20-42(37)51(44)32-13-2-1-3-14-32/h1-30H. The van der Waals surface area contributed by atoms with Crippen LogP contribution < -0.4 is 4.90 Å². The number of hydrogen-bond acceptors (Lipinski definition) is 2. The Hall–Kier alpha value is -7.11. The van der Waals surface area contributed by atoms with Gasteiger partial charge in [-0.1, -0.05) is 91.0 Å². The number of halogens is 1. The van der Waals surface area contributed by atoms with Crippen LogP contribution in [0.5, 0.6) is 0 Å². The first-order valence-electron chi connectivity index (χ1n) is 17.8. The number of hydrogen-bond donors (Lipinski definition) is 0. The van der Waals surface area contributed by atoms with Crippen LogP contribution >= 0.6 is 0 Å². The van der Waals surface area contributed by atoms with Crippen molar-refractivity contribution in [1.82, 2.24) is 9.13 Å². The van der Waals surface area contributed by atoms with Crippen molar-refractivity contribution < 1.29 is 8.81 Å². The van der Waals surface area contributed by atoms with Gasteiger partial charge in [0.25, 0.3) is 0 Å². The second kappa shape index (κ2) is 11.5. The zero-order valence-electron chi connectivity index (χ0n) is 28.4. The minimum atomic E-state index is -0.277. The Kier molecular flexibility index (Phi) is 6.40. The first kappa shape index (κ1) is 29.6. The third-order valence-corrected chi connectivity index (χ3v) is 10.5. The van der Waals surface area contributed by atoms with Gasteiger partial charge in [-0.15, -0.1) is 0 Å². The lowest BCUT2D eigenvalue weighted by Gasteiger charge is -2.27. The van der Waals surface area contributed by atoms with E-state index >= 15 is 0 Å². The maximum absolute atomic E-state index is 15.0. The summed E-state index contributed by atoms with van der Waals surface area (Å²) in [7, 11) is 0. The van der Waals surface area contributed by atoms with E-state index in [0.29, 0.717) is 0 Å². The van der Waals surface area contributed by atoms with Gasteiger partial charge in [0.15, 0.2) is 0 Å². The Labute approximate surface area is 303 Å². The molecule has 0 aliphatic carbocycles. The second-order valence-corrected chi connectivity index (χ2v) is 13.5. The molecule has 3 heterocycles. The first-order valence-corrected chi connectivity index (χ1v) is 17.8. The molecule has 3 aromatic heterocycles. The molecule has 11 rings (SSSR count). The topological polar surface area (TPSA) is 26.2 Å². The third-order valence-electron chi connectivity index (χ3n) is 10.5. The third kappa shape index (κ3) is 4.47. The fraction of sp³-hybridized carbons (Fsp3) is 0. The average Bonchev–Trinajstić information content (AvgIpc) is 3.86. The molecule has 0 spiro atoms. The van der Waals surface area contributed by atoms with Gasteiger partial charge in [0.1, 0.15) is 17.0 Å². The fourth-order valence-electron chi connectivity index (χ4n) is 8.30. The van der Waals surface area contributed by atoms with Crippen LogP contribution in [0.2, 0.25) is 0 Å². The summed E-state index contributed by atoms with van der Waals surface area (Å²) < 4.78 is 25.8. The summed E-state index contributed by atoms with van der Waals surface area (Å²) in [5.74, 6) is -0.277. The van der Waals surface area contributed by atoms with Gasteiger partial charge in [-0.3, -0.25) is 0 Å². The summed E-state index contributed by atoms with van der Waals surface area (Å²) in [5, 5.41) is 6.63. The van der Waals surface area contributed by atoms with Gasteiger partial charge < -0.3 is 18.5 Å². The van der Waals surface area contributed by atoms with E-state index in [1.54, 1.807) is 12.1 Å². The van der Waals surface area contributed by atoms with Crippen LogP contribution in [-0.4, -0.2) is 9.13 Å². The van der Waals surface area contributed by atoms with E-state index in [4.69, 9.17) is 4.42 Å². The van der Waals surface area contributed by atoms with Crippen LogP contribution in [0.15, 0.2) is 186 Å². The normalized spacial score (nSPS) is 11.9. The molecule has 0 fully saturated rings. The Balaban J connectivity index is 1.25. The first-order chi connectivity index (χ1) is 26.2. The molecule has 0 radical (unpaired) electrons. The zero-order chi connectivity index (χ0) is 35.0. The lowest BCUT2D eigenvalue weighted by molar-refractivity contribution is 0.627. The molecule has 0 aliphatic rings. The molecule has 5 heteroatoms. The van der Waals surface area contributed by atoms with Gasteiger partial charge in [-0.05, 0) is 91.0 Å². The highest BCUT2D eigenvalue weighted by atomic mass is 19.1. The Morgan fingerprint density at radius 2 is 0.981 bits per heavy atom. The average molecular weight is 684 g/mol. The molecule has 0 saturated carbocycles. The van der Waals surface area contributed by atoms with E-state index < -0.39 is 0 Å². The van der Waals surface area contributed by atoms with E-state index in [9.17, 15) is 4.39 Å². The molecule has 0 saturated heterocycles. The highest BCUT2D eigenvalue weighted by Crippen LogP contribution is 2.46. The van der Waals surface area contributed by atoms with Crippen molar-refractivity contribution in [3.8, 4) is 11.4 Å².